The van der Waals surface area contributed by atoms with Crippen LogP contribution in [0.2, 0.25) is 0 Å². The van der Waals surface area contributed by atoms with E-state index in [-0.39, 0.29) is 5.96 Å². The molecule has 1 aromatic carbocycles. The topological polar surface area (TPSA) is 64.4 Å². The fourth-order valence-corrected chi connectivity index (χ4v) is 1.91. The van der Waals surface area contributed by atoms with E-state index in [1.807, 2.05) is 0 Å². The van der Waals surface area contributed by atoms with E-state index in [9.17, 15) is 0 Å². The van der Waals surface area contributed by atoms with Crippen molar-refractivity contribution < 1.29 is 0 Å². The number of hydrogen-bond donors (Lipinski definition) is 2. The van der Waals surface area contributed by atoms with Crippen LogP contribution in [0.25, 0.3) is 0 Å². The highest BCUT2D eigenvalue weighted by Gasteiger charge is 1.93. The van der Waals surface area contributed by atoms with Crippen molar-refractivity contribution in [2.24, 2.45) is 16.5 Å². The lowest BCUT2D eigenvalue weighted by molar-refractivity contribution is 0.960. The first-order chi connectivity index (χ1) is 6.72. The van der Waals surface area contributed by atoms with Gasteiger partial charge in [-0.1, -0.05) is 12.1 Å². The van der Waals surface area contributed by atoms with E-state index < -0.39 is 0 Å². The normalized spacial score (nSPS) is 9.79. The minimum Gasteiger partial charge on any atom is -0.370 e. The Labute approximate surface area is 95.2 Å². The molecule has 14 heavy (non-hydrogen) atoms. The summed E-state index contributed by atoms with van der Waals surface area (Å²) in [6.45, 7) is 0.642. The minimum absolute atomic E-state index is 0.151. The lowest BCUT2D eigenvalue weighted by Gasteiger charge is -1.99. The third kappa shape index (κ3) is 4.02. The summed E-state index contributed by atoms with van der Waals surface area (Å²) in [7, 11) is 1.55. The van der Waals surface area contributed by atoms with Gasteiger partial charge in [0.25, 0.3) is 0 Å². The van der Waals surface area contributed by atoms with Crippen LogP contribution in [-0.4, -0.2) is 12.5 Å². The van der Waals surface area contributed by atoms with Crippen molar-refractivity contribution in [1.82, 2.24) is 0 Å². The molecule has 0 spiro atoms. The van der Waals surface area contributed by atoms with Gasteiger partial charge in [-0.15, -0.1) is 0 Å². The summed E-state index contributed by atoms with van der Waals surface area (Å²) in [6.07, 6.45) is 0.866. The van der Waals surface area contributed by atoms with Gasteiger partial charge in [-0.05, 0) is 49.1 Å². The van der Waals surface area contributed by atoms with Crippen molar-refractivity contribution in [2.45, 2.75) is 11.3 Å². The standard InChI is InChI=1S/C9H12BrN3S/c10-14-8-3-1-7(2-4-8)5-6-13-9(11)12/h1-4H,5-6H2,(H4,11,12,13). The average Bonchev–Trinajstić information content (AvgIpc) is 2.18. The van der Waals surface area contributed by atoms with Crippen LogP contribution in [0.15, 0.2) is 34.2 Å². The minimum atomic E-state index is 0.151. The van der Waals surface area contributed by atoms with Gasteiger partial charge in [0.15, 0.2) is 5.96 Å². The van der Waals surface area contributed by atoms with E-state index in [0.29, 0.717) is 6.54 Å². The van der Waals surface area contributed by atoms with Crippen LogP contribution in [0.4, 0.5) is 0 Å². The van der Waals surface area contributed by atoms with Crippen LogP contribution in [0, 0.1) is 0 Å². The van der Waals surface area contributed by atoms with E-state index in [1.165, 1.54) is 10.5 Å². The van der Waals surface area contributed by atoms with E-state index in [1.54, 1.807) is 10.2 Å². The maximum atomic E-state index is 5.22. The van der Waals surface area contributed by atoms with Crippen LogP contribution in [0.1, 0.15) is 5.56 Å². The molecule has 0 fully saturated rings. The SMILES string of the molecule is NC(N)=NCCc1ccc(SBr)cc1. The molecular weight excluding hydrogens is 262 g/mol. The second-order valence-electron chi connectivity index (χ2n) is 2.78. The average molecular weight is 274 g/mol. The maximum Gasteiger partial charge on any atom is 0.185 e. The first-order valence-electron chi connectivity index (χ1n) is 4.15. The smallest absolute Gasteiger partial charge is 0.185 e. The first-order valence-corrected chi connectivity index (χ1v) is 6.81. The number of halogens is 1. The molecule has 1 rings (SSSR count). The van der Waals surface area contributed by atoms with Crippen molar-refractivity contribution in [2.75, 3.05) is 6.54 Å². The maximum absolute atomic E-state index is 5.22. The summed E-state index contributed by atoms with van der Waals surface area (Å²) in [4.78, 5) is 5.11. The van der Waals surface area contributed by atoms with Crippen molar-refractivity contribution in [3.05, 3.63) is 29.8 Å². The third-order valence-corrected chi connectivity index (χ3v) is 3.28. The van der Waals surface area contributed by atoms with Crippen LogP contribution in [-0.2, 0) is 6.42 Å². The van der Waals surface area contributed by atoms with E-state index >= 15 is 0 Å². The van der Waals surface area contributed by atoms with Crippen LogP contribution in [0.5, 0.6) is 0 Å². The van der Waals surface area contributed by atoms with Gasteiger partial charge in [0, 0.05) is 11.4 Å². The second-order valence-corrected chi connectivity index (χ2v) is 4.37. The Morgan fingerprint density at radius 3 is 2.43 bits per heavy atom. The monoisotopic (exact) mass is 273 g/mol. The molecule has 0 aliphatic heterocycles. The van der Waals surface area contributed by atoms with E-state index in [4.69, 9.17) is 11.5 Å². The first kappa shape index (κ1) is 11.4. The van der Waals surface area contributed by atoms with Crippen LogP contribution < -0.4 is 11.5 Å². The zero-order valence-corrected chi connectivity index (χ0v) is 10.0. The molecular formula is C9H12BrN3S. The number of aliphatic imine (C=N–C) groups is 1. The largest absolute Gasteiger partial charge is 0.370 e. The van der Waals surface area contributed by atoms with Crippen LogP contribution >= 0.6 is 25.0 Å². The number of guanidine groups is 1. The Morgan fingerprint density at radius 2 is 1.93 bits per heavy atom. The summed E-state index contributed by atoms with van der Waals surface area (Å²) in [6, 6.07) is 8.27. The fraction of sp³-hybridized carbons (Fsp3) is 0.222. The summed E-state index contributed by atoms with van der Waals surface area (Å²) >= 11 is 3.32. The lowest BCUT2D eigenvalue weighted by atomic mass is 10.1. The van der Waals surface area contributed by atoms with Crippen molar-refractivity contribution in [3.63, 3.8) is 0 Å². The molecule has 3 nitrogen and oxygen atoms in total. The predicted molar refractivity (Wildman–Crippen MR) is 65.6 cm³/mol. The van der Waals surface area contributed by atoms with Gasteiger partial charge < -0.3 is 11.5 Å². The number of nitrogens with zero attached hydrogens (tertiary/aromatic N) is 1. The number of benzene rings is 1. The lowest BCUT2D eigenvalue weighted by Crippen LogP contribution is -2.23. The van der Waals surface area contributed by atoms with Crippen LogP contribution in [0.3, 0.4) is 0 Å². The molecule has 1 aromatic rings. The molecule has 5 heteroatoms. The number of rotatable bonds is 4. The highest BCUT2D eigenvalue weighted by molar-refractivity contribution is 9.50. The third-order valence-electron chi connectivity index (χ3n) is 1.71. The molecule has 0 radical (unpaired) electrons. The van der Waals surface area contributed by atoms with Crippen molar-refractivity contribution >= 4 is 31.0 Å². The van der Waals surface area contributed by atoms with Gasteiger partial charge in [-0.3, -0.25) is 4.99 Å². The molecule has 0 aromatic heterocycles. The quantitative estimate of drug-likeness (QED) is 0.651. The molecule has 76 valence electrons. The zero-order chi connectivity index (χ0) is 10.4. The van der Waals surface area contributed by atoms with Crippen molar-refractivity contribution in [3.8, 4) is 0 Å². The summed E-state index contributed by atoms with van der Waals surface area (Å²) in [5, 5.41) is 0. The van der Waals surface area contributed by atoms with Gasteiger partial charge in [0.05, 0.1) is 0 Å². The molecule has 0 amide bonds. The highest BCUT2D eigenvalue weighted by atomic mass is 79.9. The molecule has 0 bridgehead atoms. The van der Waals surface area contributed by atoms with Crippen molar-refractivity contribution in [1.29, 1.82) is 0 Å². The van der Waals surface area contributed by atoms with Gasteiger partial charge in [0.2, 0.25) is 0 Å². The Balaban J connectivity index is 2.48. The van der Waals surface area contributed by atoms with Gasteiger partial charge in [-0.25, -0.2) is 0 Å². The molecule has 0 aliphatic rings. The second kappa shape index (κ2) is 5.93. The molecule has 0 saturated heterocycles. The van der Waals surface area contributed by atoms with Gasteiger partial charge in [-0.2, -0.15) is 0 Å². The molecule has 0 atom stereocenters. The number of hydrogen-bond acceptors (Lipinski definition) is 2. The molecule has 4 N–H and O–H groups in total. The highest BCUT2D eigenvalue weighted by Crippen LogP contribution is 2.24. The molecule has 0 heterocycles. The Hall–Kier alpha value is -0.680. The zero-order valence-electron chi connectivity index (χ0n) is 7.61. The van der Waals surface area contributed by atoms with Gasteiger partial charge in [0.1, 0.15) is 0 Å². The molecule has 0 aliphatic carbocycles. The Kier molecular flexibility index (Phi) is 4.82. The summed E-state index contributed by atoms with van der Waals surface area (Å²) in [5.74, 6) is 0.151. The Bertz CT molecular complexity index is 306. The Morgan fingerprint density at radius 1 is 1.29 bits per heavy atom. The summed E-state index contributed by atoms with van der Waals surface area (Å²) < 4.78 is 0. The molecule has 0 saturated carbocycles. The van der Waals surface area contributed by atoms with Gasteiger partial charge >= 0.3 is 0 Å². The van der Waals surface area contributed by atoms with E-state index in [2.05, 4.69) is 44.1 Å². The van der Waals surface area contributed by atoms with E-state index in [0.717, 1.165) is 6.42 Å². The fourth-order valence-electron chi connectivity index (χ4n) is 1.02. The molecule has 0 unspecified atom stereocenters. The summed E-state index contributed by atoms with van der Waals surface area (Å²) in [5.41, 5.74) is 11.7. The number of nitrogens with two attached hydrogens (primary N) is 2. The predicted octanol–water partition coefficient (Wildman–Crippen LogP) is 1.90.